The standard InChI is InChI=1S/C19H18N2O5S2/c1-12-3-6-16(25-2)14(9-12)11-26-18(22)13-4-5-15-17(10-13)27-19-20-28(23,24)8-7-21(15)19/h3-6,9-10H,7-8,11H2,1-2H3. The third kappa shape index (κ3) is 3.59. The molecular weight excluding hydrogens is 400 g/mol. The molecule has 0 spiro atoms. The molecule has 0 N–H and O–H groups in total. The van der Waals surface area contributed by atoms with Gasteiger partial charge in [0.15, 0.2) is 5.17 Å². The molecule has 28 heavy (non-hydrogen) atoms. The van der Waals surface area contributed by atoms with Crippen LogP contribution in [0.25, 0.3) is 0 Å². The first-order chi connectivity index (χ1) is 13.4. The first-order valence-corrected chi connectivity index (χ1v) is 11.0. The Hall–Kier alpha value is -2.52. The van der Waals surface area contributed by atoms with Crippen LogP contribution < -0.4 is 9.64 Å². The monoisotopic (exact) mass is 418 g/mol. The Kier molecular flexibility index (Phi) is 4.80. The van der Waals surface area contributed by atoms with E-state index < -0.39 is 16.0 Å². The van der Waals surface area contributed by atoms with Crippen molar-refractivity contribution in [3.63, 3.8) is 0 Å². The van der Waals surface area contributed by atoms with Gasteiger partial charge in [0, 0.05) is 17.0 Å². The molecule has 0 unspecified atom stereocenters. The number of hydrogen-bond acceptors (Lipinski definition) is 7. The zero-order chi connectivity index (χ0) is 19.9. The third-order valence-electron chi connectivity index (χ3n) is 4.50. The van der Waals surface area contributed by atoms with Crippen LogP contribution in [0.1, 0.15) is 21.5 Å². The van der Waals surface area contributed by atoms with E-state index in [-0.39, 0.29) is 12.4 Å². The van der Waals surface area contributed by atoms with Gasteiger partial charge in [-0.3, -0.25) is 0 Å². The Morgan fingerprint density at radius 1 is 1.25 bits per heavy atom. The second-order valence-corrected chi connectivity index (χ2v) is 9.25. The van der Waals surface area contributed by atoms with Crippen LogP contribution in [0.2, 0.25) is 0 Å². The first-order valence-electron chi connectivity index (χ1n) is 8.59. The number of methoxy groups -OCH3 is 1. The summed E-state index contributed by atoms with van der Waals surface area (Å²) in [5, 5.41) is 0.427. The molecule has 4 rings (SSSR count). The topological polar surface area (TPSA) is 85.3 Å². The van der Waals surface area contributed by atoms with E-state index >= 15 is 0 Å². The minimum absolute atomic E-state index is 0.0153. The number of hydrogen-bond donors (Lipinski definition) is 0. The highest BCUT2D eigenvalue weighted by molar-refractivity contribution is 8.15. The molecule has 146 valence electrons. The van der Waals surface area contributed by atoms with Crippen molar-refractivity contribution >= 4 is 38.6 Å². The van der Waals surface area contributed by atoms with Crippen LogP contribution in [0.5, 0.6) is 5.75 Å². The lowest BCUT2D eigenvalue weighted by atomic mass is 10.1. The molecule has 0 radical (unpaired) electrons. The van der Waals surface area contributed by atoms with E-state index in [0.717, 1.165) is 21.7 Å². The molecule has 2 heterocycles. The van der Waals surface area contributed by atoms with Crippen LogP contribution in [0, 0.1) is 6.92 Å². The van der Waals surface area contributed by atoms with Gasteiger partial charge in [0.1, 0.15) is 12.4 Å². The molecule has 0 amide bonds. The summed E-state index contributed by atoms with van der Waals surface area (Å²) in [4.78, 5) is 15.2. The Bertz CT molecular complexity index is 1100. The van der Waals surface area contributed by atoms with Crippen LogP contribution >= 0.6 is 11.8 Å². The maximum absolute atomic E-state index is 12.5. The van der Waals surface area contributed by atoms with Gasteiger partial charge in [0.2, 0.25) is 0 Å². The molecule has 0 bridgehead atoms. The molecule has 0 atom stereocenters. The number of aryl methyl sites for hydroxylation is 1. The van der Waals surface area contributed by atoms with Crippen molar-refractivity contribution in [2.24, 2.45) is 4.40 Å². The van der Waals surface area contributed by atoms with Crippen molar-refractivity contribution in [3.8, 4) is 5.75 Å². The summed E-state index contributed by atoms with van der Waals surface area (Å²) in [6.07, 6.45) is 0. The molecule has 7 nitrogen and oxygen atoms in total. The predicted molar refractivity (Wildman–Crippen MR) is 108 cm³/mol. The highest BCUT2D eigenvalue weighted by Gasteiger charge is 2.33. The fourth-order valence-corrected chi connectivity index (χ4v) is 5.40. The SMILES string of the molecule is COc1ccc(C)cc1COC(=O)c1ccc2c(c1)SC1=NS(=O)(=O)CCN12. The van der Waals surface area contributed by atoms with E-state index in [1.165, 1.54) is 11.8 Å². The lowest BCUT2D eigenvalue weighted by Gasteiger charge is -2.22. The number of amidine groups is 1. The van der Waals surface area contributed by atoms with Gasteiger partial charge in [-0.1, -0.05) is 11.6 Å². The molecule has 0 saturated heterocycles. The normalized spacial score (nSPS) is 16.8. The summed E-state index contributed by atoms with van der Waals surface area (Å²) in [5.74, 6) is 0.198. The molecular formula is C19H18N2O5S2. The highest BCUT2D eigenvalue weighted by Crippen LogP contribution is 2.42. The van der Waals surface area contributed by atoms with Crippen LogP contribution in [0.3, 0.4) is 0 Å². The van der Waals surface area contributed by atoms with Gasteiger partial charge in [-0.2, -0.15) is 0 Å². The number of benzene rings is 2. The first kappa shape index (κ1) is 18.8. The number of rotatable bonds is 4. The minimum Gasteiger partial charge on any atom is -0.496 e. The Morgan fingerprint density at radius 2 is 2.07 bits per heavy atom. The minimum atomic E-state index is -3.41. The number of sulfonamides is 1. The number of carbonyl (C=O) groups excluding carboxylic acids is 1. The molecule has 2 aromatic carbocycles. The van der Waals surface area contributed by atoms with E-state index in [4.69, 9.17) is 9.47 Å². The number of nitrogens with zero attached hydrogens (tertiary/aromatic N) is 2. The molecule has 0 fully saturated rings. The second-order valence-electron chi connectivity index (χ2n) is 6.49. The van der Waals surface area contributed by atoms with Crippen LogP contribution in [0.4, 0.5) is 5.69 Å². The van der Waals surface area contributed by atoms with E-state index in [1.807, 2.05) is 30.0 Å². The smallest absolute Gasteiger partial charge is 0.338 e. The molecule has 2 aliphatic heterocycles. The summed E-state index contributed by atoms with van der Waals surface area (Å²) < 4.78 is 38.0. The number of ether oxygens (including phenoxy) is 2. The van der Waals surface area contributed by atoms with Gasteiger partial charge in [-0.15, -0.1) is 4.40 Å². The quantitative estimate of drug-likeness (QED) is 0.706. The Labute approximate surface area is 167 Å². The van der Waals surface area contributed by atoms with Gasteiger partial charge in [0.25, 0.3) is 10.0 Å². The zero-order valence-corrected chi connectivity index (χ0v) is 17.0. The largest absolute Gasteiger partial charge is 0.496 e. The summed E-state index contributed by atoms with van der Waals surface area (Å²) in [6, 6.07) is 10.9. The molecule has 2 aromatic rings. The van der Waals surface area contributed by atoms with Crippen molar-refractivity contribution in [3.05, 3.63) is 53.1 Å². The zero-order valence-electron chi connectivity index (χ0n) is 15.3. The van der Waals surface area contributed by atoms with Gasteiger partial charge >= 0.3 is 5.97 Å². The summed E-state index contributed by atoms with van der Waals surface area (Å²) >= 11 is 1.25. The number of esters is 1. The average Bonchev–Trinajstić information content (AvgIpc) is 3.01. The van der Waals surface area contributed by atoms with Crippen LogP contribution in [-0.2, 0) is 21.4 Å². The van der Waals surface area contributed by atoms with Crippen molar-refractivity contribution < 1.29 is 22.7 Å². The van der Waals surface area contributed by atoms with E-state index in [0.29, 0.717) is 23.0 Å². The molecule has 2 aliphatic rings. The number of carbonyl (C=O) groups is 1. The lowest BCUT2D eigenvalue weighted by molar-refractivity contribution is 0.0470. The summed E-state index contributed by atoms with van der Waals surface area (Å²) in [5.41, 5.74) is 3.10. The Morgan fingerprint density at radius 3 is 2.86 bits per heavy atom. The highest BCUT2D eigenvalue weighted by atomic mass is 32.2. The summed E-state index contributed by atoms with van der Waals surface area (Å²) in [7, 11) is -1.83. The van der Waals surface area contributed by atoms with Gasteiger partial charge < -0.3 is 14.4 Å². The maximum Gasteiger partial charge on any atom is 0.338 e. The van der Waals surface area contributed by atoms with Crippen LogP contribution in [-0.4, -0.2) is 39.0 Å². The maximum atomic E-state index is 12.5. The third-order valence-corrected chi connectivity index (χ3v) is 6.81. The predicted octanol–water partition coefficient (Wildman–Crippen LogP) is 2.97. The van der Waals surface area contributed by atoms with Crippen molar-refractivity contribution in [1.29, 1.82) is 0 Å². The van der Waals surface area contributed by atoms with E-state index in [9.17, 15) is 13.2 Å². The van der Waals surface area contributed by atoms with E-state index in [2.05, 4.69) is 4.40 Å². The lowest BCUT2D eigenvalue weighted by Crippen LogP contribution is -2.35. The van der Waals surface area contributed by atoms with Gasteiger partial charge in [-0.25, -0.2) is 13.2 Å². The fraction of sp³-hybridized carbons (Fsp3) is 0.263. The fourth-order valence-electron chi connectivity index (χ4n) is 3.10. The van der Waals surface area contributed by atoms with Crippen molar-refractivity contribution in [2.75, 3.05) is 24.3 Å². The van der Waals surface area contributed by atoms with Crippen LogP contribution in [0.15, 0.2) is 45.7 Å². The van der Waals surface area contributed by atoms with Gasteiger partial charge in [0.05, 0.1) is 24.1 Å². The van der Waals surface area contributed by atoms with E-state index in [1.54, 1.807) is 25.3 Å². The number of fused-ring (bicyclic) bond motifs is 3. The number of thioether (sulfide) groups is 1. The van der Waals surface area contributed by atoms with Crippen molar-refractivity contribution in [2.45, 2.75) is 18.4 Å². The molecule has 0 aliphatic carbocycles. The molecule has 0 saturated carbocycles. The van der Waals surface area contributed by atoms with Gasteiger partial charge in [-0.05, 0) is 49.0 Å². The Balaban J connectivity index is 1.52. The molecule has 9 heteroatoms. The van der Waals surface area contributed by atoms with Crippen molar-refractivity contribution in [1.82, 2.24) is 0 Å². The summed E-state index contributed by atoms with van der Waals surface area (Å²) in [6.45, 7) is 2.42. The molecule has 0 aromatic heterocycles. The average molecular weight is 418 g/mol. The number of anilines is 1. The second kappa shape index (κ2) is 7.14.